The molecular weight excluding hydrogens is 202 g/mol. The van der Waals surface area contributed by atoms with Crippen molar-refractivity contribution in [3.63, 3.8) is 0 Å². The van der Waals surface area contributed by atoms with Gasteiger partial charge in [0.1, 0.15) is 0 Å². The molecule has 0 unspecified atom stereocenters. The van der Waals surface area contributed by atoms with Crippen LogP contribution in [0.4, 0.5) is 0 Å². The van der Waals surface area contributed by atoms with Gasteiger partial charge in [0.25, 0.3) is 0 Å². The highest BCUT2D eigenvalue weighted by atomic mass is 32.2. The van der Waals surface area contributed by atoms with Gasteiger partial charge in [0.2, 0.25) is 0 Å². The lowest BCUT2D eigenvalue weighted by molar-refractivity contribution is 0.876. The van der Waals surface area contributed by atoms with Crippen LogP contribution in [0.15, 0.2) is 30.3 Å². The van der Waals surface area contributed by atoms with Crippen LogP contribution < -0.4 is 10.6 Å². The Morgan fingerprint density at radius 2 is 2.00 bits per heavy atom. The van der Waals surface area contributed by atoms with E-state index in [1.165, 1.54) is 34.4 Å². The molecule has 1 aromatic rings. The first-order valence-corrected chi connectivity index (χ1v) is 6.14. The minimum absolute atomic E-state index is 1.16. The Balaban J connectivity index is 2.72. The van der Waals surface area contributed by atoms with Gasteiger partial charge in [0.05, 0.1) is 5.03 Å². The predicted molar refractivity (Wildman–Crippen MR) is 68.4 cm³/mol. The van der Waals surface area contributed by atoms with Crippen LogP contribution in [0, 0.1) is 0 Å². The van der Waals surface area contributed by atoms with Crippen molar-refractivity contribution in [2.75, 3.05) is 5.75 Å². The highest BCUT2D eigenvalue weighted by Crippen LogP contribution is 2.24. The van der Waals surface area contributed by atoms with Crippen molar-refractivity contribution < 1.29 is 0 Å². The molecule has 0 fully saturated rings. The molecule has 2 rings (SSSR count). The van der Waals surface area contributed by atoms with Gasteiger partial charge < -0.3 is 4.98 Å². The summed E-state index contributed by atoms with van der Waals surface area (Å²) in [7, 11) is 0. The second-order valence-electron chi connectivity index (χ2n) is 3.52. The molecule has 1 N–H and O–H groups in total. The quantitative estimate of drug-likeness (QED) is 0.801. The number of aromatic amines is 1. The van der Waals surface area contributed by atoms with E-state index >= 15 is 0 Å². The Hall–Kier alpha value is -1.15. The van der Waals surface area contributed by atoms with Gasteiger partial charge in [-0.1, -0.05) is 31.4 Å². The molecule has 0 saturated carbocycles. The largest absolute Gasteiger partial charge is 0.349 e. The third-order valence-corrected chi connectivity index (χ3v) is 3.65. The minimum Gasteiger partial charge on any atom is -0.349 e. The van der Waals surface area contributed by atoms with Crippen molar-refractivity contribution in [2.24, 2.45) is 0 Å². The zero-order valence-electron chi connectivity index (χ0n) is 8.75. The number of nitrogens with one attached hydrogen (secondary N) is 1. The molecule has 0 bridgehead atoms. The zero-order valence-corrected chi connectivity index (χ0v) is 9.57. The first kappa shape index (κ1) is 10.4. The van der Waals surface area contributed by atoms with Crippen LogP contribution in [0.2, 0.25) is 0 Å². The van der Waals surface area contributed by atoms with Crippen molar-refractivity contribution in [3.05, 3.63) is 41.4 Å². The molecular formula is C13H15NS. The van der Waals surface area contributed by atoms with Gasteiger partial charge in [0, 0.05) is 10.6 Å². The molecule has 2 heteroatoms. The monoisotopic (exact) mass is 217 g/mol. The van der Waals surface area contributed by atoms with Gasteiger partial charge in [-0.2, -0.15) is 0 Å². The van der Waals surface area contributed by atoms with E-state index in [2.05, 4.69) is 24.2 Å². The van der Waals surface area contributed by atoms with E-state index in [0.29, 0.717) is 0 Å². The van der Waals surface area contributed by atoms with E-state index < -0.39 is 0 Å². The van der Waals surface area contributed by atoms with Gasteiger partial charge in [-0.05, 0) is 30.2 Å². The molecule has 15 heavy (non-hydrogen) atoms. The van der Waals surface area contributed by atoms with Gasteiger partial charge in [-0.3, -0.25) is 0 Å². The third kappa shape index (κ3) is 1.95. The van der Waals surface area contributed by atoms with Gasteiger partial charge in [0.15, 0.2) is 0 Å². The molecule has 1 aromatic heterocycles. The van der Waals surface area contributed by atoms with Crippen LogP contribution in [0.3, 0.4) is 0 Å². The lowest BCUT2D eigenvalue weighted by Crippen LogP contribution is -2.24. The molecule has 1 nitrogen and oxygen atoms in total. The van der Waals surface area contributed by atoms with E-state index in [1.54, 1.807) is 0 Å². The van der Waals surface area contributed by atoms with E-state index in [1.807, 2.05) is 30.0 Å². The topological polar surface area (TPSA) is 15.8 Å². The number of rotatable bonds is 2. The van der Waals surface area contributed by atoms with E-state index in [9.17, 15) is 0 Å². The Morgan fingerprint density at radius 1 is 1.20 bits per heavy atom. The Labute approximate surface area is 94.3 Å². The van der Waals surface area contributed by atoms with Gasteiger partial charge in [-0.15, -0.1) is 11.8 Å². The zero-order chi connectivity index (χ0) is 10.7. The van der Waals surface area contributed by atoms with Gasteiger partial charge in [-0.25, -0.2) is 0 Å². The fourth-order valence-corrected chi connectivity index (χ4v) is 2.96. The molecule has 78 valence electrons. The van der Waals surface area contributed by atoms with Crippen molar-refractivity contribution in [2.45, 2.75) is 17.9 Å². The van der Waals surface area contributed by atoms with Crippen LogP contribution in [0.1, 0.15) is 12.0 Å². The molecule has 1 aliphatic rings. The average molecular weight is 217 g/mol. The normalized spacial score (nSPS) is 17.6. The lowest BCUT2D eigenvalue weighted by Gasteiger charge is -2.09. The smallest absolute Gasteiger partial charge is 0.0765 e. The molecule has 0 radical (unpaired) electrons. The highest BCUT2D eigenvalue weighted by molar-refractivity contribution is 7.99. The lowest BCUT2D eigenvalue weighted by atomic mass is 10.1. The average Bonchev–Trinajstić information content (AvgIpc) is 2.59. The number of allylic oxidation sites excluding steroid dienone is 2. The summed E-state index contributed by atoms with van der Waals surface area (Å²) in [5, 5.41) is 3.76. The first-order chi connectivity index (χ1) is 7.36. The molecule has 0 amide bonds. The second kappa shape index (κ2) is 4.58. The summed E-state index contributed by atoms with van der Waals surface area (Å²) < 4.78 is 0. The summed E-state index contributed by atoms with van der Waals surface area (Å²) in [6.07, 6.45) is 10.2. The fraction of sp³-hybridized carbons (Fsp3) is 0.231. The summed E-state index contributed by atoms with van der Waals surface area (Å²) in [6.45, 7) is 7.51. The fourth-order valence-electron chi connectivity index (χ4n) is 1.90. The van der Waals surface area contributed by atoms with Crippen LogP contribution in [-0.4, -0.2) is 10.7 Å². The van der Waals surface area contributed by atoms with Crippen molar-refractivity contribution in [1.29, 1.82) is 0 Å². The minimum atomic E-state index is 1.16. The number of aromatic nitrogens is 1. The van der Waals surface area contributed by atoms with E-state index in [-0.39, 0.29) is 0 Å². The van der Waals surface area contributed by atoms with E-state index in [4.69, 9.17) is 0 Å². The van der Waals surface area contributed by atoms with Crippen molar-refractivity contribution in [3.8, 4) is 0 Å². The SMILES string of the molecule is C=C/C=c1/c2c([nH]/c1=C/C=C)SCCC2. The number of fused-ring (bicyclic) bond motifs is 1. The maximum Gasteiger partial charge on any atom is 0.0765 e. The highest BCUT2D eigenvalue weighted by Gasteiger charge is 2.13. The van der Waals surface area contributed by atoms with E-state index in [0.717, 1.165) is 5.35 Å². The molecule has 0 aliphatic carbocycles. The molecule has 0 aromatic carbocycles. The number of hydrogen-bond acceptors (Lipinski definition) is 1. The molecule has 0 spiro atoms. The summed E-state index contributed by atoms with van der Waals surface area (Å²) in [4.78, 5) is 3.45. The summed E-state index contributed by atoms with van der Waals surface area (Å²) in [6, 6.07) is 0. The molecule has 1 aliphatic heterocycles. The van der Waals surface area contributed by atoms with Crippen LogP contribution in [-0.2, 0) is 6.42 Å². The Kier molecular flexibility index (Phi) is 3.17. The second-order valence-corrected chi connectivity index (χ2v) is 4.62. The number of thioether (sulfide) groups is 1. The third-order valence-electron chi connectivity index (χ3n) is 2.52. The maximum atomic E-state index is 3.77. The standard InChI is InChI=1S/C13H15NS/c1-3-6-10-11-8-5-9-15-13(11)14-12(10)7-4-2/h3-4,6-7,14H,1-2,5,8-9H2/b10-6-,12-7+. The molecule has 0 saturated heterocycles. The summed E-state index contributed by atoms with van der Waals surface area (Å²) >= 11 is 1.91. The maximum absolute atomic E-state index is 3.77. The number of H-pyrrole nitrogens is 1. The number of hydrogen-bond donors (Lipinski definition) is 1. The van der Waals surface area contributed by atoms with Crippen LogP contribution in [0.5, 0.6) is 0 Å². The van der Waals surface area contributed by atoms with Gasteiger partial charge >= 0.3 is 0 Å². The molecule has 2 heterocycles. The van der Waals surface area contributed by atoms with Crippen molar-refractivity contribution >= 4 is 23.9 Å². The van der Waals surface area contributed by atoms with Crippen LogP contribution >= 0.6 is 11.8 Å². The Bertz CT molecular complexity index is 493. The molecule has 0 atom stereocenters. The Morgan fingerprint density at radius 3 is 2.73 bits per heavy atom. The first-order valence-electron chi connectivity index (χ1n) is 5.16. The predicted octanol–water partition coefficient (Wildman–Crippen LogP) is 1.99. The van der Waals surface area contributed by atoms with Crippen LogP contribution in [0.25, 0.3) is 12.2 Å². The van der Waals surface area contributed by atoms with Crippen molar-refractivity contribution in [1.82, 2.24) is 4.98 Å². The summed E-state index contributed by atoms with van der Waals surface area (Å²) in [5.41, 5.74) is 1.44. The summed E-state index contributed by atoms with van der Waals surface area (Å²) in [5.74, 6) is 1.22.